The summed E-state index contributed by atoms with van der Waals surface area (Å²) < 4.78 is 0. The molecule has 0 saturated carbocycles. The van der Waals surface area contributed by atoms with E-state index in [1.807, 2.05) is 6.21 Å². The molecule has 0 spiro atoms. The van der Waals surface area contributed by atoms with Crippen molar-refractivity contribution in [3.8, 4) is 0 Å². The Morgan fingerprint density at radius 2 is 2.25 bits per heavy atom. The van der Waals surface area contributed by atoms with E-state index >= 15 is 0 Å². The molecule has 0 amide bonds. The number of nitrogens with one attached hydrogen (secondary N) is 1. The van der Waals surface area contributed by atoms with Crippen molar-refractivity contribution in [1.29, 1.82) is 0 Å². The molecule has 1 unspecified atom stereocenters. The van der Waals surface area contributed by atoms with E-state index in [0.29, 0.717) is 6.04 Å². The minimum atomic E-state index is 0.395. The molecule has 1 aromatic rings. The van der Waals surface area contributed by atoms with Gasteiger partial charge in [-0.2, -0.15) is 5.10 Å². The maximum Gasteiger partial charge on any atom is 0.0741 e. The Morgan fingerprint density at radius 3 is 2.92 bits per heavy atom. The molecule has 1 heterocycles. The van der Waals surface area contributed by atoms with Crippen LogP contribution in [0.15, 0.2) is 29.4 Å². The van der Waals surface area contributed by atoms with Crippen LogP contribution in [0.25, 0.3) is 0 Å². The Hall–Kier alpha value is -1.31. The summed E-state index contributed by atoms with van der Waals surface area (Å²) in [4.78, 5) is 0. The lowest BCUT2D eigenvalue weighted by Crippen LogP contribution is -2.10. The van der Waals surface area contributed by atoms with Crippen molar-refractivity contribution in [2.75, 3.05) is 0 Å². The average Bonchev–Trinajstić information content (AvgIpc) is 2.57. The number of hydrogen-bond donors (Lipinski definition) is 1. The summed E-state index contributed by atoms with van der Waals surface area (Å²) >= 11 is 0. The average molecular weight is 160 g/mol. The monoisotopic (exact) mass is 160 g/mol. The fraction of sp³-hybridized carbons (Fsp3) is 0.300. The summed E-state index contributed by atoms with van der Waals surface area (Å²) in [6.45, 7) is 2.13. The highest BCUT2D eigenvalue weighted by molar-refractivity contribution is 5.60. The van der Waals surface area contributed by atoms with Crippen LogP contribution >= 0.6 is 0 Å². The Bertz CT molecular complexity index is 296. The van der Waals surface area contributed by atoms with E-state index in [9.17, 15) is 0 Å². The Morgan fingerprint density at radius 1 is 1.42 bits per heavy atom. The first kappa shape index (κ1) is 7.35. The van der Waals surface area contributed by atoms with Crippen LogP contribution in [0.3, 0.4) is 0 Å². The van der Waals surface area contributed by atoms with Gasteiger partial charge in [0.2, 0.25) is 0 Å². The number of aryl methyl sites for hydroxylation is 1. The highest BCUT2D eigenvalue weighted by atomic mass is 15.3. The van der Waals surface area contributed by atoms with Crippen LogP contribution in [0.4, 0.5) is 0 Å². The zero-order chi connectivity index (χ0) is 8.39. The van der Waals surface area contributed by atoms with Crippen molar-refractivity contribution in [2.24, 2.45) is 5.10 Å². The third-order valence-electron chi connectivity index (χ3n) is 2.23. The van der Waals surface area contributed by atoms with Crippen LogP contribution in [0.2, 0.25) is 0 Å². The first-order valence-corrected chi connectivity index (χ1v) is 4.20. The fourth-order valence-electron chi connectivity index (χ4n) is 1.53. The topological polar surface area (TPSA) is 24.4 Å². The molecule has 1 N–H and O–H groups in total. The van der Waals surface area contributed by atoms with E-state index in [0.717, 1.165) is 6.42 Å². The molecule has 1 aliphatic rings. The highest BCUT2D eigenvalue weighted by Gasteiger charge is 2.13. The molecular weight excluding hydrogens is 148 g/mol. The number of rotatable bonds is 1. The predicted molar refractivity (Wildman–Crippen MR) is 50.2 cm³/mol. The van der Waals surface area contributed by atoms with Crippen LogP contribution in [0, 0.1) is 6.92 Å². The Kier molecular flexibility index (Phi) is 1.82. The molecular formula is C10H12N2. The highest BCUT2D eigenvalue weighted by Crippen LogP contribution is 2.21. The SMILES string of the molecule is Cc1ccccc1C1CC=NN1. The zero-order valence-electron chi connectivity index (χ0n) is 7.12. The lowest BCUT2D eigenvalue weighted by molar-refractivity contribution is 0.617. The number of nitrogens with zero attached hydrogens (tertiary/aromatic N) is 1. The normalized spacial score (nSPS) is 20.9. The first-order valence-electron chi connectivity index (χ1n) is 4.20. The standard InChI is InChI=1S/C10H12N2/c1-8-4-2-3-5-9(8)10-6-7-11-12-10/h2-5,7,10,12H,6H2,1H3. The smallest absolute Gasteiger partial charge is 0.0741 e. The maximum absolute atomic E-state index is 4.01. The van der Waals surface area contributed by atoms with E-state index in [4.69, 9.17) is 0 Å². The molecule has 0 radical (unpaired) electrons. The summed E-state index contributed by atoms with van der Waals surface area (Å²) in [5.41, 5.74) is 5.77. The van der Waals surface area contributed by atoms with Crippen molar-refractivity contribution in [2.45, 2.75) is 19.4 Å². The first-order chi connectivity index (χ1) is 5.88. The largest absolute Gasteiger partial charge is 0.303 e. The second kappa shape index (κ2) is 2.97. The second-order valence-corrected chi connectivity index (χ2v) is 3.09. The van der Waals surface area contributed by atoms with Gasteiger partial charge in [-0.15, -0.1) is 0 Å². The third-order valence-corrected chi connectivity index (χ3v) is 2.23. The van der Waals surface area contributed by atoms with Gasteiger partial charge < -0.3 is 5.43 Å². The molecule has 0 aliphatic carbocycles. The van der Waals surface area contributed by atoms with Crippen LogP contribution in [-0.4, -0.2) is 6.21 Å². The molecule has 62 valence electrons. The minimum absolute atomic E-state index is 0.395. The maximum atomic E-state index is 4.01. The van der Waals surface area contributed by atoms with Crippen LogP contribution in [0.5, 0.6) is 0 Å². The number of hydrazone groups is 1. The molecule has 2 nitrogen and oxygen atoms in total. The quantitative estimate of drug-likeness (QED) is 0.667. The van der Waals surface area contributed by atoms with Crippen LogP contribution in [-0.2, 0) is 0 Å². The summed E-state index contributed by atoms with van der Waals surface area (Å²) in [6.07, 6.45) is 2.93. The van der Waals surface area contributed by atoms with Gasteiger partial charge in [0, 0.05) is 12.6 Å². The van der Waals surface area contributed by atoms with Crippen molar-refractivity contribution < 1.29 is 0 Å². The van der Waals surface area contributed by atoms with Gasteiger partial charge in [0.1, 0.15) is 0 Å². The van der Waals surface area contributed by atoms with Crippen molar-refractivity contribution in [3.05, 3.63) is 35.4 Å². The van der Waals surface area contributed by atoms with Gasteiger partial charge in [-0.3, -0.25) is 0 Å². The number of benzene rings is 1. The Balaban J connectivity index is 2.27. The van der Waals surface area contributed by atoms with Crippen molar-refractivity contribution >= 4 is 6.21 Å². The molecule has 2 heteroatoms. The summed E-state index contributed by atoms with van der Waals surface area (Å²) in [5, 5.41) is 4.01. The van der Waals surface area contributed by atoms with E-state index in [-0.39, 0.29) is 0 Å². The van der Waals surface area contributed by atoms with E-state index in [1.54, 1.807) is 0 Å². The van der Waals surface area contributed by atoms with E-state index in [1.165, 1.54) is 11.1 Å². The van der Waals surface area contributed by atoms with Gasteiger partial charge >= 0.3 is 0 Å². The molecule has 2 rings (SSSR count). The summed E-state index contributed by atoms with van der Waals surface area (Å²) in [6, 6.07) is 8.82. The molecule has 1 aliphatic heterocycles. The predicted octanol–water partition coefficient (Wildman–Crippen LogP) is 2.02. The molecule has 0 bridgehead atoms. The van der Waals surface area contributed by atoms with Crippen molar-refractivity contribution in [1.82, 2.24) is 5.43 Å². The minimum Gasteiger partial charge on any atom is -0.303 e. The molecule has 0 aromatic heterocycles. The van der Waals surface area contributed by atoms with Gasteiger partial charge in [-0.05, 0) is 18.1 Å². The lowest BCUT2D eigenvalue weighted by atomic mass is 10.0. The summed E-state index contributed by atoms with van der Waals surface area (Å²) in [7, 11) is 0. The molecule has 12 heavy (non-hydrogen) atoms. The van der Waals surface area contributed by atoms with Gasteiger partial charge in [0.05, 0.1) is 6.04 Å². The van der Waals surface area contributed by atoms with E-state index < -0.39 is 0 Å². The van der Waals surface area contributed by atoms with Crippen LogP contribution < -0.4 is 5.43 Å². The fourth-order valence-corrected chi connectivity index (χ4v) is 1.53. The molecule has 1 aromatic carbocycles. The van der Waals surface area contributed by atoms with Crippen LogP contribution in [0.1, 0.15) is 23.6 Å². The lowest BCUT2D eigenvalue weighted by Gasteiger charge is -2.12. The van der Waals surface area contributed by atoms with E-state index in [2.05, 4.69) is 41.7 Å². The van der Waals surface area contributed by atoms with Gasteiger partial charge in [0.15, 0.2) is 0 Å². The van der Waals surface area contributed by atoms with Crippen molar-refractivity contribution in [3.63, 3.8) is 0 Å². The van der Waals surface area contributed by atoms with Gasteiger partial charge in [0.25, 0.3) is 0 Å². The van der Waals surface area contributed by atoms with Gasteiger partial charge in [-0.25, -0.2) is 0 Å². The molecule has 0 saturated heterocycles. The number of hydrogen-bond acceptors (Lipinski definition) is 2. The van der Waals surface area contributed by atoms with Gasteiger partial charge in [-0.1, -0.05) is 24.3 Å². The molecule has 1 atom stereocenters. The Labute approximate surface area is 72.3 Å². The molecule has 0 fully saturated rings. The zero-order valence-corrected chi connectivity index (χ0v) is 7.12. The summed E-state index contributed by atoms with van der Waals surface area (Å²) in [5.74, 6) is 0. The second-order valence-electron chi connectivity index (χ2n) is 3.09. The third kappa shape index (κ3) is 1.20.